The van der Waals surface area contributed by atoms with Crippen molar-refractivity contribution in [1.29, 1.82) is 0 Å². The van der Waals surface area contributed by atoms with Crippen molar-refractivity contribution in [1.82, 2.24) is 10.1 Å². The summed E-state index contributed by atoms with van der Waals surface area (Å²) in [5.41, 5.74) is -0.638. The summed E-state index contributed by atoms with van der Waals surface area (Å²) in [6.45, 7) is 6.15. The molecular weight excluding hydrogens is 204 g/mol. The lowest BCUT2D eigenvalue weighted by molar-refractivity contribution is 0.00291. The van der Waals surface area contributed by atoms with Gasteiger partial charge in [0, 0.05) is 5.92 Å². The Kier molecular flexibility index (Phi) is 3.02. The van der Waals surface area contributed by atoms with Gasteiger partial charge in [0.05, 0.1) is 12.0 Å². The van der Waals surface area contributed by atoms with E-state index in [1.807, 2.05) is 13.8 Å². The Morgan fingerprint density at radius 2 is 2.31 bits per heavy atom. The highest BCUT2D eigenvalue weighted by Crippen LogP contribution is 2.37. The van der Waals surface area contributed by atoms with E-state index >= 15 is 0 Å². The van der Waals surface area contributed by atoms with Crippen molar-refractivity contribution in [3.8, 4) is 0 Å². The highest BCUT2D eigenvalue weighted by molar-refractivity contribution is 5.00. The molecule has 2 rings (SSSR count). The topological polar surface area (TPSA) is 59.2 Å². The summed E-state index contributed by atoms with van der Waals surface area (Å²) in [6, 6.07) is 0. The Balaban J connectivity index is 2.08. The van der Waals surface area contributed by atoms with Crippen LogP contribution in [0, 0.1) is 5.92 Å². The quantitative estimate of drug-likeness (QED) is 0.855. The van der Waals surface area contributed by atoms with Crippen LogP contribution in [0.4, 0.5) is 0 Å². The van der Waals surface area contributed by atoms with Crippen molar-refractivity contribution in [3.63, 3.8) is 0 Å². The number of hydrogen-bond acceptors (Lipinski definition) is 4. The summed E-state index contributed by atoms with van der Waals surface area (Å²) in [6.07, 6.45) is 3.51. The first kappa shape index (κ1) is 11.6. The third-order valence-corrected chi connectivity index (χ3v) is 3.62. The van der Waals surface area contributed by atoms with Gasteiger partial charge in [-0.3, -0.25) is 0 Å². The molecular formula is C12H20N2O2. The number of aliphatic hydroxyl groups is 1. The molecule has 1 saturated carbocycles. The van der Waals surface area contributed by atoms with E-state index in [4.69, 9.17) is 4.52 Å². The van der Waals surface area contributed by atoms with Crippen LogP contribution in [0.5, 0.6) is 0 Å². The Hall–Kier alpha value is -0.900. The Morgan fingerprint density at radius 3 is 2.81 bits per heavy atom. The molecule has 4 nitrogen and oxygen atoms in total. The molecule has 1 aliphatic carbocycles. The van der Waals surface area contributed by atoms with E-state index in [9.17, 15) is 5.11 Å². The molecule has 2 atom stereocenters. The van der Waals surface area contributed by atoms with Gasteiger partial charge < -0.3 is 9.63 Å². The lowest BCUT2D eigenvalue weighted by Crippen LogP contribution is -2.34. The zero-order valence-electron chi connectivity index (χ0n) is 10.2. The maximum absolute atomic E-state index is 10.4. The van der Waals surface area contributed by atoms with E-state index < -0.39 is 5.60 Å². The van der Waals surface area contributed by atoms with Gasteiger partial charge in [-0.2, -0.15) is 4.98 Å². The van der Waals surface area contributed by atoms with Gasteiger partial charge in [-0.25, -0.2) is 0 Å². The Bertz CT molecular complexity index is 362. The third-order valence-electron chi connectivity index (χ3n) is 3.62. The largest absolute Gasteiger partial charge is 0.389 e. The van der Waals surface area contributed by atoms with Crippen LogP contribution in [-0.2, 0) is 6.42 Å². The fourth-order valence-corrected chi connectivity index (χ4v) is 2.33. The maximum Gasteiger partial charge on any atom is 0.229 e. The van der Waals surface area contributed by atoms with Gasteiger partial charge in [0.25, 0.3) is 0 Å². The molecule has 1 aromatic rings. The van der Waals surface area contributed by atoms with Crippen molar-refractivity contribution < 1.29 is 9.63 Å². The van der Waals surface area contributed by atoms with Gasteiger partial charge in [0.2, 0.25) is 5.89 Å². The zero-order valence-corrected chi connectivity index (χ0v) is 10.2. The first-order valence-corrected chi connectivity index (χ1v) is 6.06. The van der Waals surface area contributed by atoms with Crippen LogP contribution < -0.4 is 0 Å². The average Bonchev–Trinajstić information content (AvgIpc) is 2.76. The molecule has 16 heavy (non-hydrogen) atoms. The first-order valence-electron chi connectivity index (χ1n) is 6.06. The molecule has 4 heteroatoms. The molecule has 1 N–H and O–H groups in total. The van der Waals surface area contributed by atoms with Gasteiger partial charge in [-0.15, -0.1) is 0 Å². The summed E-state index contributed by atoms with van der Waals surface area (Å²) in [5.74, 6) is 1.89. The van der Waals surface area contributed by atoms with Gasteiger partial charge >= 0.3 is 0 Å². The van der Waals surface area contributed by atoms with E-state index in [-0.39, 0.29) is 5.92 Å². The van der Waals surface area contributed by atoms with Crippen LogP contribution in [0.15, 0.2) is 4.52 Å². The normalized spacial score (nSPS) is 30.2. The third kappa shape index (κ3) is 2.12. The molecule has 0 amide bonds. The van der Waals surface area contributed by atoms with Crippen molar-refractivity contribution in [2.24, 2.45) is 5.92 Å². The highest BCUT2D eigenvalue weighted by atomic mass is 16.5. The smallest absolute Gasteiger partial charge is 0.229 e. The van der Waals surface area contributed by atoms with Gasteiger partial charge in [-0.05, 0) is 18.8 Å². The summed E-state index contributed by atoms with van der Waals surface area (Å²) in [5, 5.41) is 14.3. The van der Waals surface area contributed by atoms with Crippen molar-refractivity contribution in [3.05, 3.63) is 11.7 Å². The van der Waals surface area contributed by atoms with Crippen molar-refractivity contribution >= 4 is 0 Å². The van der Waals surface area contributed by atoms with Crippen LogP contribution in [0.1, 0.15) is 57.7 Å². The molecule has 0 aromatic carbocycles. The molecule has 0 spiro atoms. The Morgan fingerprint density at radius 1 is 1.56 bits per heavy atom. The molecule has 0 saturated heterocycles. The number of aromatic nitrogens is 2. The number of hydrogen-bond donors (Lipinski definition) is 1. The summed E-state index contributed by atoms with van der Waals surface area (Å²) < 4.78 is 5.18. The van der Waals surface area contributed by atoms with Crippen LogP contribution >= 0.6 is 0 Å². The fourth-order valence-electron chi connectivity index (χ4n) is 2.33. The van der Waals surface area contributed by atoms with Crippen LogP contribution in [0.25, 0.3) is 0 Å². The molecule has 0 radical (unpaired) electrons. The van der Waals surface area contributed by atoms with Crippen LogP contribution in [0.3, 0.4) is 0 Å². The van der Waals surface area contributed by atoms with Gasteiger partial charge in [0.15, 0.2) is 5.82 Å². The van der Waals surface area contributed by atoms with Crippen molar-refractivity contribution in [2.75, 3.05) is 0 Å². The van der Waals surface area contributed by atoms with Crippen molar-refractivity contribution in [2.45, 2.75) is 58.0 Å². The van der Waals surface area contributed by atoms with Crippen LogP contribution in [0.2, 0.25) is 0 Å². The molecule has 1 aliphatic rings. The minimum Gasteiger partial charge on any atom is -0.389 e. The standard InChI is InChI=1S/C12H20N2O2/c1-8(2)11-13-10(16-14-11)7-12(15)6-4-5-9(12)3/h8-9,15H,4-7H2,1-3H3/t9-,12-/m1/s1. The van der Waals surface area contributed by atoms with E-state index in [1.165, 1.54) is 0 Å². The zero-order chi connectivity index (χ0) is 11.8. The summed E-state index contributed by atoms with van der Waals surface area (Å²) >= 11 is 0. The lowest BCUT2D eigenvalue weighted by atomic mass is 9.89. The maximum atomic E-state index is 10.4. The molecule has 1 fully saturated rings. The number of nitrogens with zero attached hydrogens (tertiary/aromatic N) is 2. The predicted molar refractivity (Wildman–Crippen MR) is 60.1 cm³/mol. The molecule has 1 heterocycles. The Labute approximate surface area is 96.1 Å². The lowest BCUT2D eigenvalue weighted by Gasteiger charge is -2.25. The predicted octanol–water partition coefficient (Wildman–Crippen LogP) is 2.29. The van der Waals surface area contributed by atoms with Crippen LogP contribution in [-0.4, -0.2) is 20.8 Å². The van der Waals surface area contributed by atoms with Gasteiger partial charge in [0.1, 0.15) is 0 Å². The first-order chi connectivity index (χ1) is 7.51. The van der Waals surface area contributed by atoms with E-state index in [2.05, 4.69) is 17.1 Å². The fraction of sp³-hybridized carbons (Fsp3) is 0.833. The van der Waals surface area contributed by atoms with E-state index in [0.717, 1.165) is 25.1 Å². The minimum absolute atomic E-state index is 0.271. The minimum atomic E-state index is -0.638. The second-order valence-electron chi connectivity index (χ2n) is 5.27. The van der Waals surface area contributed by atoms with E-state index in [1.54, 1.807) is 0 Å². The SMILES string of the molecule is CC(C)c1noc(C[C@]2(O)CCC[C@H]2C)n1. The number of rotatable bonds is 3. The molecule has 0 aliphatic heterocycles. The highest BCUT2D eigenvalue weighted by Gasteiger charge is 2.39. The summed E-state index contributed by atoms with van der Waals surface area (Å²) in [4.78, 5) is 4.32. The summed E-state index contributed by atoms with van der Waals surface area (Å²) in [7, 11) is 0. The second-order valence-corrected chi connectivity index (χ2v) is 5.27. The molecule has 1 aromatic heterocycles. The average molecular weight is 224 g/mol. The molecule has 0 bridgehead atoms. The monoisotopic (exact) mass is 224 g/mol. The van der Waals surface area contributed by atoms with E-state index in [0.29, 0.717) is 18.2 Å². The van der Waals surface area contributed by atoms with Gasteiger partial charge in [-0.1, -0.05) is 32.3 Å². The molecule has 90 valence electrons. The second kappa shape index (κ2) is 4.17. The molecule has 0 unspecified atom stereocenters.